The van der Waals surface area contributed by atoms with E-state index < -0.39 is 14.4 Å². The van der Waals surface area contributed by atoms with Gasteiger partial charge < -0.3 is 19.4 Å². The van der Waals surface area contributed by atoms with Gasteiger partial charge in [-0.2, -0.15) is 0 Å². The molecule has 0 bridgehead atoms. The molecule has 1 atom stereocenters. The molecule has 5 heteroatoms. The van der Waals surface area contributed by atoms with Gasteiger partial charge in [0.05, 0.1) is 13.7 Å². The van der Waals surface area contributed by atoms with Crippen molar-refractivity contribution < 1.29 is 19.4 Å². The molecule has 1 rings (SSSR count). The van der Waals surface area contributed by atoms with E-state index in [0.717, 1.165) is 0 Å². The topological polar surface area (TPSA) is 58.9 Å². The summed E-state index contributed by atoms with van der Waals surface area (Å²) in [5.74, 6) is 1.27. The molecule has 2 N–H and O–H groups in total. The van der Waals surface area contributed by atoms with E-state index in [2.05, 4.69) is 33.9 Å². The molecule has 1 aromatic rings. The van der Waals surface area contributed by atoms with Crippen molar-refractivity contribution in [2.45, 2.75) is 45.0 Å². The van der Waals surface area contributed by atoms with Gasteiger partial charge in [-0.3, -0.25) is 0 Å². The Bertz CT molecular complexity index is 452. The zero-order valence-electron chi connectivity index (χ0n) is 13.2. The molecule has 0 aliphatic carbocycles. The number of ether oxygens (including phenoxy) is 1. The third kappa shape index (κ3) is 3.74. The predicted molar refractivity (Wildman–Crippen MR) is 82.9 cm³/mol. The van der Waals surface area contributed by atoms with Crippen LogP contribution in [-0.4, -0.2) is 32.2 Å². The molecule has 0 aromatic heterocycles. The van der Waals surface area contributed by atoms with Crippen LogP contribution >= 0.6 is 0 Å². The van der Waals surface area contributed by atoms with Gasteiger partial charge in [0.25, 0.3) is 8.32 Å². The van der Waals surface area contributed by atoms with Gasteiger partial charge in [-0.15, -0.1) is 0 Å². The van der Waals surface area contributed by atoms with Gasteiger partial charge in [-0.05, 0) is 35.8 Å². The second-order valence-electron chi connectivity index (χ2n) is 6.47. The molecule has 0 radical (unpaired) electrons. The Hall–Kier alpha value is -1.04. The molecule has 0 saturated carbocycles. The molecular weight excluding hydrogens is 272 g/mol. The van der Waals surface area contributed by atoms with Gasteiger partial charge in [-0.25, -0.2) is 0 Å². The number of hydrogen-bond acceptors (Lipinski definition) is 4. The molecule has 1 aromatic carbocycles. The average molecular weight is 298 g/mol. The summed E-state index contributed by atoms with van der Waals surface area (Å²) in [6.07, 6.45) is -0.897. The van der Waals surface area contributed by atoms with E-state index in [0.29, 0.717) is 17.1 Å². The quantitative estimate of drug-likeness (QED) is 0.820. The largest absolute Gasteiger partial charge is 0.541 e. The van der Waals surface area contributed by atoms with E-state index in [9.17, 15) is 5.11 Å². The maximum Gasteiger partial charge on any atom is 0.250 e. The highest BCUT2D eigenvalue weighted by Crippen LogP contribution is 2.40. The number of aliphatic hydroxyl groups is 2. The van der Waals surface area contributed by atoms with Crippen molar-refractivity contribution >= 4 is 8.32 Å². The van der Waals surface area contributed by atoms with Crippen molar-refractivity contribution in [3.63, 3.8) is 0 Å². The van der Waals surface area contributed by atoms with Crippen molar-refractivity contribution in [2.24, 2.45) is 0 Å². The molecule has 4 nitrogen and oxygen atoms in total. The first-order valence-electron chi connectivity index (χ1n) is 6.78. The Morgan fingerprint density at radius 2 is 1.80 bits per heavy atom. The van der Waals surface area contributed by atoms with Gasteiger partial charge in [0.2, 0.25) is 0 Å². The fourth-order valence-electron chi connectivity index (χ4n) is 1.51. The van der Waals surface area contributed by atoms with Gasteiger partial charge in [-0.1, -0.05) is 26.8 Å². The van der Waals surface area contributed by atoms with E-state index in [1.165, 1.54) is 0 Å². The standard InChI is InChI=1S/C15H26O4Si/c1-15(2,3)20(5,6)19-13-8-7-11(12(17)10-16)9-14(13)18-4/h7-9,12,16-17H,10H2,1-6H3/t12-/m1/s1. The minimum absolute atomic E-state index is 0.0985. The van der Waals surface area contributed by atoms with E-state index in [1.54, 1.807) is 25.3 Å². The third-order valence-corrected chi connectivity index (χ3v) is 8.26. The Balaban J connectivity index is 3.08. The van der Waals surface area contributed by atoms with Crippen LogP contribution in [0.4, 0.5) is 0 Å². The zero-order chi connectivity index (χ0) is 15.6. The summed E-state index contributed by atoms with van der Waals surface area (Å²) in [5, 5.41) is 18.8. The Kier molecular flexibility index (Phi) is 5.24. The second kappa shape index (κ2) is 6.16. The summed E-state index contributed by atoms with van der Waals surface area (Å²) >= 11 is 0. The van der Waals surface area contributed by atoms with Gasteiger partial charge >= 0.3 is 0 Å². The zero-order valence-corrected chi connectivity index (χ0v) is 14.2. The lowest BCUT2D eigenvalue weighted by molar-refractivity contribution is 0.0954. The molecule has 0 fully saturated rings. The van der Waals surface area contributed by atoms with Crippen LogP contribution < -0.4 is 9.16 Å². The Morgan fingerprint density at radius 3 is 2.25 bits per heavy atom. The highest BCUT2D eigenvalue weighted by molar-refractivity contribution is 6.74. The van der Waals surface area contributed by atoms with Crippen LogP contribution in [0.25, 0.3) is 0 Å². The SMILES string of the molecule is COc1cc([C@H](O)CO)ccc1O[Si](C)(C)C(C)(C)C. The van der Waals surface area contributed by atoms with E-state index in [4.69, 9.17) is 14.3 Å². The summed E-state index contributed by atoms with van der Waals surface area (Å²) in [7, 11) is -0.366. The molecule has 20 heavy (non-hydrogen) atoms. The van der Waals surface area contributed by atoms with Crippen LogP contribution in [0.5, 0.6) is 11.5 Å². The number of methoxy groups -OCH3 is 1. The Labute approximate surface area is 122 Å². The first kappa shape index (κ1) is 17.0. The van der Waals surface area contributed by atoms with E-state index >= 15 is 0 Å². The highest BCUT2D eigenvalue weighted by Gasteiger charge is 2.39. The van der Waals surface area contributed by atoms with Crippen LogP contribution in [0.3, 0.4) is 0 Å². The lowest BCUT2D eigenvalue weighted by Crippen LogP contribution is -2.43. The number of rotatable bonds is 5. The Morgan fingerprint density at radius 1 is 1.20 bits per heavy atom. The summed E-state index contributed by atoms with van der Waals surface area (Å²) < 4.78 is 11.6. The molecule has 0 spiro atoms. The summed E-state index contributed by atoms with van der Waals surface area (Å²) in [5.41, 5.74) is 0.618. The minimum atomic E-state index is -1.94. The maximum absolute atomic E-state index is 9.66. The third-order valence-electron chi connectivity index (χ3n) is 3.92. The van der Waals surface area contributed by atoms with Crippen molar-refractivity contribution in [1.29, 1.82) is 0 Å². The van der Waals surface area contributed by atoms with E-state index in [1.807, 2.05) is 0 Å². The van der Waals surface area contributed by atoms with Crippen molar-refractivity contribution in [3.05, 3.63) is 23.8 Å². The predicted octanol–water partition coefficient (Wildman–Crippen LogP) is 3.10. The highest BCUT2D eigenvalue weighted by atomic mass is 28.4. The normalized spacial score (nSPS) is 14.0. The van der Waals surface area contributed by atoms with Gasteiger partial charge in [0, 0.05) is 0 Å². The lowest BCUT2D eigenvalue weighted by Gasteiger charge is -2.36. The molecule has 0 heterocycles. The van der Waals surface area contributed by atoms with Crippen molar-refractivity contribution in [3.8, 4) is 11.5 Å². The summed E-state index contributed by atoms with van der Waals surface area (Å²) in [6, 6.07) is 5.27. The van der Waals surface area contributed by atoms with Crippen LogP contribution in [0.2, 0.25) is 18.1 Å². The van der Waals surface area contributed by atoms with Gasteiger partial charge in [0.1, 0.15) is 11.9 Å². The van der Waals surface area contributed by atoms with Crippen molar-refractivity contribution in [2.75, 3.05) is 13.7 Å². The fourth-order valence-corrected chi connectivity index (χ4v) is 2.53. The smallest absolute Gasteiger partial charge is 0.250 e. The minimum Gasteiger partial charge on any atom is -0.541 e. The molecule has 0 aliphatic rings. The van der Waals surface area contributed by atoms with Gasteiger partial charge in [0.15, 0.2) is 5.75 Å². The van der Waals surface area contributed by atoms with Crippen LogP contribution in [-0.2, 0) is 0 Å². The van der Waals surface area contributed by atoms with Crippen LogP contribution in [0.1, 0.15) is 32.4 Å². The molecular formula is C15H26O4Si. The van der Waals surface area contributed by atoms with Crippen LogP contribution in [0.15, 0.2) is 18.2 Å². The molecule has 0 aliphatic heterocycles. The number of hydrogen-bond donors (Lipinski definition) is 2. The average Bonchev–Trinajstić information content (AvgIpc) is 2.36. The molecule has 0 saturated heterocycles. The molecule has 0 unspecified atom stereocenters. The number of benzene rings is 1. The summed E-state index contributed by atoms with van der Waals surface area (Å²) in [4.78, 5) is 0. The second-order valence-corrected chi connectivity index (χ2v) is 11.2. The van der Waals surface area contributed by atoms with E-state index in [-0.39, 0.29) is 11.6 Å². The maximum atomic E-state index is 9.66. The number of aliphatic hydroxyl groups excluding tert-OH is 2. The fraction of sp³-hybridized carbons (Fsp3) is 0.600. The van der Waals surface area contributed by atoms with Crippen molar-refractivity contribution in [1.82, 2.24) is 0 Å². The van der Waals surface area contributed by atoms with Crippen LogP contribution in [0, 0.1) is 0 Å². The first-order chi connectivity index (χ1) is 9.12. The molecule has 0 amide bonds. The summed E-state index contributed by atoms with van der Waals surface area (Å²) in [6.45, 7) is 10.6. The lowest BCUT2D eigenvalue weighted by atomic mass is 10.1. The first-order valence-corrected chi connectivity index (χ1v) is 9.69. The monoisotopic (exact) mass is 298 g/mol. The molecule has 114 valence electrons.